The van der Waals surface area contributed by atoms with E-state index < -0.39 is 0 Å². The molecule has 3 aromatic rings. The molecule has 0 spiro atoms. The number of nitrogens with zero attached hydrogens (tertiary/aromatic N) is 1. The minimum absolute atomic E-state index is 0.0382. The van der Waals surface area contributed by atoms with Crippen molar-refractivity contribution in [1.29, 1.82) is 0 Å². The van der Waals surface area contributed by atoms with E-state index in [9.17, 15) is 9.59 Å². The van der Waals surface area contributed by atoms with Crippen LogP contribution in [0.15, 0.2) is 71.3 Å². The van der Waals surface area contributed by atoms with E-state index in [0.717, 1.165) is 29.5 Å². The lowest BCUT2D eigenvalue weighted by Crippen LogP contribution is -2.46. The predicted molar refractivity (Wildman–Crippen MR) is 112 cm³/mol. The highest BCUT2D eigenvalue weighted by Gasteiger charge is 2.26. The lowest BCUT2D eigenvalue weighted by Gasteiger charge is -2.32. The molecule has 0 atom stereocenters. The molecule has 2 amide bonds. The van der Waals surface area contributed by atoms with E-state index in [4.69, 9.17) is 4.42 Å². The molecule has 1 N–H and O–H groups in total. The zero-order valence-electron chi connectivity index (χ0n) is 16.4. The minimum atomic E-state index is -0.186. The molecule has 2 aromatic carbocycles. The van der Waals surface area contributed by atoms with Crippen LogP contribution in [0.3, 0.4) is 0 Å². The highest BCUT2D eigenvalue weighted by atomic mass is 16.3. The Labute approximate surface area is 170 Å². The van der Waals surface area contributed by atoms with Gasteiger partial charge in [0.25, 0.3) is 11.8 Å². The summed E-state index contributed by atoms with van der Waals surface area (Å²) >= 11 is 0. The van der Waals surface area contributed by atoms with Crippen molar-refractivity contribution in [3.63, 3.8) is 0 Å². The first-order valence-electron chi connectivity index (χ1n) is 9.91. The van der Waals surface area contributed by atoms with Gasteiger partial charge in [0.15, 0.2) is 5.76 Å². The molecule has 0 saturated carbocycles. The number of carbonyl (C=O) groups excluding carboxylic acids is 2. The summed E-state index contributed by atoms with van der Waals surface area (Å²) in [5, 5.41) is 3.02. The minimum Gasteiger partial charge on any atom is -0.459 e. The third-order valence-electron chi connectivity index (χ3n) is 5.42. The lowest BCUT2D eigenvalue weighted by atomic mass is 10.0. The van der Waals surface area contributed by atoms with Crippen molar-refractivity contribution >= 4 is 11.8 Å². The molecule has 0 radical (unpaired) electrons. The van der Waals surface area contributed by atoms with Gasteiger partial charge in [-0.25, -0.2) is 0 Å². The van der Waals surface area contributed by atoms with Crippen molar-refractivity contribution in [2.24, 2.45) is 0 Å². The first kappa shape index (κ1) is 19.0. The van der Waals surface area contributed by atoms with Crippen LogP contribution in [0.2, 0.25) is 0 Å². The van der Waals surface area contributed by atoms with E-state index in [1.807, 2.05) is 54.3 Å². The van der Waals surface area contributed by atoms with Crippen LogP contribution in [0, 0.1) is 6.92 Å². The van der Waals surface area contributed by atoms with Crippen LogP contribution in [-0.4, -0.2) is 35.8 Å². The molecule has 5 nitrogen and oxygen atoms in total. The molecule has 1 aromatic heterocycles. The SMILES string of the molecule is Cc1ccoc1C(=O)NC1CCN(C(=O)c2ccc(-c3ccccc3)cc2)CC1. The van der Waals surface area contributed by atoms with Crippen LogP contribution in [0.1, 0.15) is 39.3 Å². The van der Waals surface area contributed by atoms with Gasteiger partial charge in [-0.15, -0.1) is 0 Å². The molecule has 148 valence electrons. The lowest BCUT2D eigenvalue weighted by molar-refractivity contribution is 0.0695. The van der Waals surface area contributed by atoms with Crippen molar-refractivity contribution in [1.82, 2.24) is 10.2 Å². The molecule has 4 rings (SSSR count). The Morgan fingerprint density at radius 1 is 0.931 bits per heavy atom. The Kier molecular flexibility index (Phi) is 5.47. The summed E-state index contributed by atoms with van der Waals surface area (Å²) in [6.45, 7) is 3.10. The topological polar surface area (TPSA) is 62.6 Å². The van der Waals surface area contributed by atoms with Crippen LogP contribution in [0.5, 0.6) is 0 Å². The molecule has 29 heavy (non-hydrogen) atoms. The summed E-state index contributed by atoms with van der Waals surface area (Å²) in [6.07, 6.45) is 2.99. The Hall–Kier alpha value is -3.34. The molecule has 1 fully saturated rings. The number of amides is 2. The Bertz CT molecular complexity index is 984. The molecule has 5 heteroatoms. The molecule has 0 bridgehead atoms. The molecular formula is C24H24N2O3. The fourth-order valence-electron chi connectivity index (χ4n) is 3.70. The number of benzene rings is 2. The van der Waals surface area contributed by atoms with Crippen molar-refractivity contribution in [3.8, 4) is 11.1 Å². The second kappa shape index (κ2) is 8.35. The molecule has 1 aliphatic rings. The highest BCUT2D eigenvalue weighted by molar-refractivity contribution is 5.95. The van der Waals surface area contributed by atoms with Crippen LogP contribution in [-0.2, 0) is 0 Å². The van der Waals surface area contributed by atoms with Gasteiger partial charge in [0, 0.05) is 30.3 Å². The number of nitrogens with one attached hydrogen (secondary N) is 1. The highest BCUT2D eigenvalue weighted by Crippen LogP contribution is 2.21. The summed E-state index contributed by atoms with van der Waals surface area (Å²) < 4.78 is 5.25. The summed E-state index contributed by atoms with van der Waals surface area (Å²) in [5.74, 6) is 0.215. The van der Waals surface area contributed by atoms with Crippen LogP contribution in [0.4, 0.5) is 0 Å². The molecule has 0 unspecified atom stereocenters. The average molecular weight is 388 g/mol. The second-order valence-corrected chi connectivity index (χ2v) is 7.42. The van der Waals surface area contributed by atoms with Crippen molar-refractivity contribution < 1.29 is 14.0 Å². The Morgan fingerprint density at radius 3 is 2.21 bits per heavy atom. The summed E-state index contributed by atoms with van der Waals surface area (Å²) in [7, 11) is 0. The maximum Gasteiger partial charge on any atom is 0.287 e. The molecule has 1 saturated heterocycles. The number of carbonyl (C=O) groups is 2. The smallest absolute Gasteiger partial charge is 0.287 e. The van der Waals surface area contributed by atoms with E-state index in [0.29, 0.717) is 24.4 Å². The van der Waals surface area contributed by atoms with Gasteiger partial charge in [-0.1, -0.05) is 42.5 Å². The molecule has 0 aliphatic carbocycles. The van der Waals surface area contributed by atoms with Gasteiger partial charge in [-0.2, -0.15) is 0 Å². The van der Waals surface area contributed by atoms with Crippen LogP contribution < -0.4 is 5.32 Å². The monoisotopic (exact) mass is 388 g/mol. The third kappa shape index (κ3) is 4.24. The van der Waals surface area contributed by atoms with Gasteiger partial charge in [0.1, 0.15) is 0 Å². The quantitative estimate of drug-likeness (QED) is 0.725. The van der Waals surface area contributed by atoms with E-state index in [1.165, 1.54) is 6.26 Å². The second-order valence-electron chi connectivity index (χ2n) is 7.42. The summed E-state index contributed by atoms with van der Waals surface area (Å²) in [5.41, 5.74) is 3.75. The van der Waals surface area contributed by atoms with Gasteiger partial charge in [-0.3, -0.25) is 9.59 Å². The molecule has 2 heterocycles. The molecular weight excluding hydrogens is 364 g/mol. The number of rotatable bonds is 4. The Balaban J connectivity index is 1.33. The zero-order valence-corrected chi connectivity index (χ0v) is 16.4. The first-order valence-corrected chi connectivity index (χ1v) is 9.91. The van der Waals surface area contributed by atoms with Crippen LogP contribution in [0.25, 0.3) is 11.1 Å². The van der Waals surface area contributed by atoms with E-state index in [2.05, 4.69) is 17.4 Å². The van der Waals surface area contributed by atoms with Gasteiger partial charge < -0.3 is 14.6 Å². The molecule has 1 aliphatic heterocycles. The predicted octanol–water partition coefficient (Wildman–Crippen LogP) is 4.29. The largest absolute Gasteiger partial charge is 0.459 e. The number of furan rings is 1. The number of likely N-dealkylation sites (tertiary alicyclic amines) is 1. The fraction of sp³-hybridized carbons (Fsp3) is 0.250. The maximum absolute atomic E-state index is 12.8. The maximum atomic E-state index is 12.8. The van der Waals surface area contributed by atoms with Gasteiger partial charge >= 0.3 is 0 Å². The van der Waals surface area contributed by atoms with Crippen LogP contribution >= 0.6 is 0 Å². The van der Waals surface area contributed by atoms with Gasteiger partial charge in [0.2, 0.25) is 0 Å². The normalized spacial score (nSPS) is 14.6. The number of aryl methyl sites for hydroxylation is 1. The number of hydrogen-bond acceptors (Lipinski definition) is 3. The zero-order chi connectivity index (χ0) is 20.2. The van der Waals surface area contributed by atoms with Crippen molar-refractivity contribution in [2.75, 3.05) is 13.1 Å². The van der Waals surface area contributed by atoms with Gasteiger partial charge in [-0.05, 0) is 49.1 Å². The Morgan fingerprint density at radius 2 is 1.59 bits per heavy atom. The third-order valence-corrected chi connectivity index (χ3v) is 5.42. The van der Waals surface area contributed by atoms with Gasteiger partial charge in [0.05, 0.1) is 6.26 Å². The number of piperidine rings is 1. The summed E-state index contributed by atoms with van der Waals surface area (Å²) in [6, 6.07) is 19.7. The van der Waals surface area contributed by atoms with E-state index in [1.54, 1.807) is 6.07 Å². The average Bonchev–Trinajstić information content (AvgIpc) is 3.20. The summed E-state index contributed by atoms with van der Waals surface area (Å²) in [4.78, 5) is 27.0. The number of hydrogen-bond donors (Lipinski definition) is 1. The van der Waals surface area contributed by atoms with E-state index in [-0.39, 0.29) is 17.9 Å². The van der Waals surface area contributed by atoms with E-state index >= 15 is 0 Å². The fourth-order valence-corrected chi connectivity index (χ4v) is 3.70. The van der Waals surface area contributed by atoms with Crippen molar-refractivity contribution in [2.45, 2.75) is 25.8 Å². The standard InChI is InChI=1S/C24H24N2O3/c1-17-13-16-29-22(17)23(27)25-21-11-14-26(15-12-21)24(28)20-9-7-19(8-10-20)18-5-3-2-4-6-18/h2-10,13,16,21H,11-12,14-15H2,1H3,(H,25,27). The first-order chi connectivity index (χ1) is 14.1. The van der Waals surface area contributed by atoms with Crippen molar-refractivity contribution in [3.05, 3.63) is 83.8 Å².